The molecule has 0 bridgehead atoms. The minimum absolute atomic E-state index is 0.180. The fourth-order valence-electron chi connectivity index (χ4n) is 3.33. The molecule has 1 amide bonds. The smallest absolute Gasteiger partial charge is 0.250 e. The van der Waals surface area contributed by atoms with Gasteiger partial charge in [0.05, 0.1) is 12.3 Å². The number of rotatable bonds is 5. The van der Waals surface area contributed by atoms with E-state index in [0.29, 0.717) is 19.6 Å². The number of hydrazine groups is 1. The SMILES string of the molecule is Cc1cc2cc(OCC3=CC=CN(C4(CO)CCNC4=O)N3)ccc2o1. The van der Waals surface area contributed by atoms with Crippen LogP contribution in [0.1, 0.15) is 12.2 Å². The zero-order chi connectivity index (χ0) is 18.1. The average molecular weight is 355 g/mol. The number of aryl methyl sites for hydroxylation is 1. The van der Waals surface area contributed by atoms with Crippen molar-refractivity contribution in [3.05, 3.63) is 54.1 Å². The fourth-order valence-corrected chi connectivity index (χ4v) is 3.33. The lowest BCUT2D eigenvalue weighted by atomic mass is 9.98. The van der Waals surface area contributed by atoms with Crippen molar-refractivity contribution in [3.8, 4) is 5.75 Å². The number of hydrogen-bond donors (Lipinski definition) is 3. The Morgan fingerprint density at radius 2 is 2.27 bits per heavy atom. The molecule has 4 rings (SSSR count). The summed E-state index contributed by atoms with van der Waals surface area (Å²) in [5.74, 6) is 1.41. The molecule has 0 aliphatic carbocycles. The Hall–Kier alpha value is -2.93. The molecule has 3 heterocycles. The number of aliphatic hydroxyl groups excluding tert-OH is 1. The third-order valence-electron chi connectivity index (χ3n) is 4.77. The summed E-state index contributed by atoms with van der Waals surface area (Å²) >= 11 is 0. The molecular formula is C19H21N3O4. The lowest BCUT2D eigenvalue weighted by Crippen LogP contribution is -2.59. The molecule has 2 aliphatic heterocycles. The predicted octanol–water partition coefficient (Wildman–Crippen LogP) is 1.59. The maximum atomic E-state index is 12.2. The lowest BCUT2D eigenvalue weighted by Gasteiger charge is -2.39. The number of nitrogens with zero attached hydrogens (tertiary/aromatic N) is 1. The van der Waals surface area contributed by atoms with Gasteiger partial charge in [-0.05, 0) is 43.3 Å². The summed E-state index contributed by atoms with van der Waals surface area (Å²) in [5.41, 5.74) is 3.81. The van der Waals surface area contributed by atoms with E-state index in [1.54, 1.807) is 11.2 Å². The van der Waals surface area contributed by atoms with E-state index in [2.05, 4.69) is 10.7 Å². The molecule has 7 heteroatoms. The van der Waals surface area contributed by atoms with Crippen molar-refractivity contribution in [3.63, 3.8) is 0 Å². The van der Waals surface area contributed by atoms with Gasteiger partial charge in [-0.3, -0.25) is 15.2 Å². The minimum Gasteiger partial charge on any atom is -0.487 e. The van der Waals surface area contributed by atoms with Crippen LogP contribution in [-0.2, 0) is 4.79 Å². The zero-order valence-electron chi connectivity index (χ0n) is 14.5. The molecule has 3 N–H and O–H groups in total. The number of amides is 1. The standard InChI is InChI=1S/C19H21N3O4/c1-13-9-14-10-16(4-5-17(14)26-13)25-11-15-3-2-8-22(21-15)19(12-23)6-7-20-18(19)24/h2-5,8-10,21,23H,6-7,11-12H2,1H3,(H,20,24). The number of hydrogen-bond acceptors (Lipinski definition) is 6. The second-order valence-electron chi connectivity index (χ2n) is 6.56. The molecule has 1 aromatic carbocycles. The van der Waals surface area contributed by atoms with Gasteiger partial charge in [0.25, 0.3) is 0 Å². The number of carbonyl (C=O) groups excluding carboxylic acids is 1. The third-order valence-corrected chi connectivity index (χ3v) is 4.77. The molecule has 1 aromatic heterocycles. The molecule has 0 spiro atoms. The number of fused-ring (bicyclic) bond motifs is 1. The molecule has 1 saturated heterocycles. The first kappa shape index (κ1) is 16.5. The summed E-state index contributed by atoms with van der Waals surface area (Å²) in [5, 5.41) is 15.2. The van der Waals surface area contributed by atoms with Crippen molar-refractivity contribution in [2.24, 2.45) is 0 Å². The molecule has 1 fully saturated rings. The van der Waals surface area contributed by atoms with Gasteiger partial charge in [-0.25, -0.2) is 0 Å². The van der Waals surface area contributed by atoms with Crippen LogP contribution >= 0.6 is 0 Å². The maximum Gasteiger partial charge on any atom is 0.250 e. The monoisotopic (exact) mass is 355 g/mol. The van der Waals surface area contributed by atoms with Crippen molar-refractivity contribution >= 4 is 16.9 Å². The van der Waals surface area contributed by atoms with Crippen LogP contribution in [-0.4, -0.2) is 41.3 Å². The number of allylic oxidation sites excluding steroid dienone is 2. The molecule has 26 heavy (non-hydrogen) atoms. The van der Waals surface area contributed by atoms with Crippen molar-refractivity contribution < 1.29 is 19.1 Å². The van der Waals surface area contributed by atoms with E-state index >= 15 is 0 Å². The molecule has 2 aromatic rings. The summed E-state index contributed by atoms with van der Waals surface area (Å²) in [7, 11) is 0. The van der Waals surface area contributed by atoms with E-state index in [9.17, 15) is 9.90 Å². The number of nitrogens with one attached hydrogen (secondary N) is 2. The topological polar surface area (TPSA) is 87.0 Å². The average Bonchev–Trinajstić information content (AvgIpc) is 3.21. The summed E-state index contributed by atoms with van der Waals surface area (Å²) in [6.45, 7) is 2.51. The zero-order valence-corrected chi connectivity index (χ0v) is 14.5. The van der Waals surface area contributed by atoms with Crippen molar-refractivity contribution in [2.75, 3.05) is 19.8 Å². The summed E-state index contributed by atoms with van der Waals surface area (Å²) in [4.78, 5) is 12.2. The Kier molecular flexibility index (Phi) is 4.08. The molecule has 0 radical (unpaired) electrons. The van der Waals surface area contributed by atoms with Gasteiger partial charge in [0.2, 0.25) is 5.91 Å². The number of aliphatic hydroxyl groups is 1. The third kappa shape index (κ3) is 2.80. The Balaban J connectivity index is 1.44. The second-order valence-corrected chi connectivity index (χ2v) is 6.56. The van der Waals surface area contributed by atoms with Crippen LogP contribution in [0.2, 0.25) is 0 Å². The van der Waals surface area contributed by atoms with Gasteiger partial charge in [-0.2, -0.15) is 0 Å². The molecule has 7 nitrogen and oxygen atoms in total. The summed E-state index contributed by atoms with van der Waals surface area (Å²) in [6, 6.07) is 7.65. The quantitative estimate of drug-likeness (QED) is 0.755. The van der Waals surface area contributed by atoms with E-state index in [0.717, 1.165) is 28.2 Å². The Morgan fingerprint density at radius 3 is 3.04 bits per heavy atom. The first-order valence-corrected chi connectivity index (χ1v) is 8.56. The Morgan fingerprint density at radius 1 is 1.38 bits per heavy atom. The van der Waals surface area contributed by atoms with Crippen LogP contribution in [0.25, 0.3) is 11.0 Å². The van der Waals surface area contributed by atoms with E-state index in [1.807, 2.05) is 43.3 Å². The van der Waals surface area contributed by atoms with Gasteiger partial charge in [-0.15, -0.1) is 0 Å². The van der Waals surface area contributed by atoms with Gasteiger partial charge in [0.15, 0.2) is 5.54 Å². The van der Waals surface area contributed by atoms with Crippen molar-refractivity contribution in [2.45, 2.75) is 18.9 Å². The highest BCUT2D eigenvalue weighted by Crippen LogP contribution is 2.26. The number of ether oxygens (including phenoxy) is 1. The van der Waals surface area contributed by atoms with Crippen molar-refractivity contribution in [1.82, 2.24) is 15.8 Å². The number of furan rings is 1. The maximum absolute atomic E-state index is 12.2. The summed E-state index contributed by atoms with van der Waals surface area (Å²) in [6.07, 6.45) is 6.00. The fraction of sp³-hybridized carbons (Fsp3) is 0.316. The normalized spacial score (nSPS) is 22.3. The Labute approximate surface area is 150 Å². The number of carbonyl (C=O) groups is 1. The predicted molar refractivity (Wildman–Crippen MR) is 96.1 cm³/mol. The molecule has 1 atom stereocenters. The highest BCUT2D eigenvalue weighted by molar-refractivity contribution is 5.88. The van der Waals surface area contributed by atoms with Crippen LogP contribution in [0.3, 0.4) is 0 Å². The second kappa shape index (κ2) is 6.42. The summed E-state index contributed by atoms with van der Waals surface area (Å²) < 4.78 is 11.4. The van der Waals surface area contributed by atoms with E-state index in [-0.39, 0.29) is 12.5 Å². The molecule has 1 unspecified atom stereocenters. The van der Waals surface area contributed by atoms with Gasteiger partial charge in [0, 0.05) is 24.6 Å². The van der Waals surface area contributed by atoms with Gasteiger partial charge in [0.1, 0.15) is 23.7 Å². The van der Waals surface area contributed by atoms with E-state index < -0.39 is 5.54 Å². The molecular weight excluding hydrogens is 334 g/mol. The van der Waals surface area contributed by atoms with Gasteiger partial charge < -0.3 is 19.6 Å². The molecule has 136 valence electrons. The van der Waals surface area contributed by atoms with Crippen LogP contribution in [0.5, 0.6) is 5.75 Å². The largest absolute Gasteiger partial charge is 0.487 e. The highest BCUT2D eigenvalue weighted by atomic mass is 16.5. The van der Waals surface area contributed by atoms with E-state index in [4.69, 9.17) is 9.15 Å². The number of benzene rings is 1. The minimum atomic E-state index is -0.983. The van der Waals surface area contributed by atoms with Crippen LogP contribution in [0.15, 0.2) is 52.7 Å². The van der Waals surface area contributed by atoms with Gasteiger partial charge >= 0.3 is 0 Å². The van der Waals surface area contributed by atoms with Gasteiger partial charge in [-0.1, -0.05) is 0 Å². The van der Waals surface area contributed by atoms with Crippen LogP contribution in [0.4, 0.5) is 0 Å². The van der Waals surface area contributed by atoms with Crippen LogP contribution < -0.4 is 15.5 Å². The van der Waals surface area contributed by atoms with Crippen LogP contribution in [0, 0.1) is 6.92 Å². The first-order chi connectivity index (χ1) is 12.6. The molecule has 2 aliphatic rings. The van der Waals surface area contributed by atoms with Crippen molar-refractivity contribution in [1.29, 1.82) is 0 Å². The molecule has 0 saturated carbocycles. The van der Waals surface area contributed by atoms with E-state index in [1.165, 1.54) is 0 Å². The lowest BCUT2D eigenvalue weighted by molar-refractivity contribution is -0.132. The Bertz CT molecular complexity index is 901. The first-order valence-electron chi connectivity index (χ1n) is 8.56. The highest BCUT2D eigenvalue weighted by Gasteiger charge is 2.47.